The molecule has 4 aromatic carbocycles. The van der Waals surface area contributed by atoms with E-state index in [1.165, 1.54) is 11.3 Å². The number of anilines is 2. The van der Waals surface area contributed by atoms with Crippen molar-refractivity contribution in [3.63, 3.8) is 0 Å². The number of rotatable bonds is 10. The lowest BCUT2D eigenvalue weighted by Crippen LogP contribution is -2.58. The van der Waals surface area contributed by atoms with Crippen LogP contribution in [0.15, 0.2) is 91.0 Å². The van der Waals surface area contributed by atoms with Crippen LogP contribution in [0.25, 0.3) is 11.1 Å². The zero-order valence-corrected chi connectivity index (χ0v) is 33.7. The van der Waals surface area contributed by atoms with Crippen molar-refractivity contribution in [1.29, 1.82) is 0 Å². The van der Waals surface area contributed by atoms with Crippen molar-refractivity contribution in [3.05, 3.63) is 125 Å². The van der Waals surface area contributed by atoms with E-state index in [4.69, 9.17) is 11.6 Å². The van der Waals surface area contributed by atoms with Crippen LogP contribution in [0.3, 0.4) is 0 Å². The maximum atomic E-state index is 15.7. The number of phenolic OH excluding ortho intramolecular Hbond substituents is 1. The number of carbonyl (C=O) groups is 2. The highest BCUT2D eigenvalue weighted by Crippen LogP contribution is 2.38. The van der Waals surface area contributed by atoms with Crippen LogP contribution in [-0.4, -0.2) is 83.5 Å². The van der Waals surface area contributed by atoms with Gasteiger partial charge in [0.15, 0.2) is 0 Å². The molecule has 57 heavy (non-hydrogen) atoms. The number of carbonyl (C=O) groups excluding carboxylic acids is 2. The third-order valence-corrected chi connectivity index (χ3v) is 12.8. The summed E-state index contributed by atoms with van der Waals surface area (Å²) in [5.74, 6) is 0.683. The summed E-state index contributed by atoms with van der Waals surface area (Å²) in [5, 5.41) is 12.5. The molecule has 10 heteroatoms. The van der Waals surface area contributed by atoms with Gasteiger partial charge in [-0.3, -0.25) is 24.7 Å². The molecular formula is C47H53ClFN5O3. The van der Waals surface area contributed by atoms with Crippen molar-refractivity contribution in [2.45, 2.75) is 77.2 Å². The van der Waals surface area contributed by atoms with E-state index in [0.29, 0.717) is 43.4 Å². The fraction of sp³-hybridized carbons (Fsp3) is 0.404. The van der Waals surface area contributed by atoms with Crippen LogP contribution in [0, 0.1) is 11.7 Å². The van der Waals surface area contributed by atoms with Crippen molar-refractivity contribution in [2.75, 3.05) is 48.4 Å². The molecule has 4 aliphatic heterocycles. The van der Waals surface area contributed by atoms with Crippen LogP contribution in [0.5, 0.6) is 5.75 Å². The number of imide groups is 1. The van der Waals surface area contributed by atoms with Gasteiger partial charge in [-0.2, -0.15) is 0 Å². The van der Waals surface area contributed by atoms with Gasteiger partial charge in [-0.1, -0.05) is 54.6 Å². The Balaban J connectivity index is 0.892. The van der Waals surface area contributed by atoms with Gasteiger partial charge in [0.25, 0.3) is 0 Å². The first-order valence-corrected chi connectivity index (χ1v) is 21.1. The molecule has 0 bridgehead atoms. The Morgan fingerprint density at radius 3 is 2.07 bits per heavy atom. The average molecular weight is 790 g/mol. The van der Waals surface area contributed by atoms with E-state index in [9.17, 15) is 14.7 Å². The molecule has 3 fully saturated rings. The monoisotopic (exact) mass is 789 g/mol. The number of allylic oxidation sites excluding steroid dienone is 1. The lowest BCUT2D eigenvalue weighted by Gasteiger charge is -2.47. The fourth-order valence-electron chi connectivity index (χ4n) is 9.64. The molecule has 3 atom stereocenters. The molecule has 8 rings (SSSR count). The van der Waals surface area contributed by atoms with E-state index < -0.39 is 0 Å². The summed E-state index contributed by atoms with van der Waals surface area (Å²) in [5.41, 5.74) is 9.51. The van der Waals surface area contributed by atoms with Crippen LogP contribution in [0.4, 0.5) is 15.8 Å². The number of piperidine rings is 2. The van der Waals surface area contributed by atoms with E-state index in [1.54, 1.807) is 18.2 Å². The molecule has 0 saturated carbocycles. The Morgan fingerprint density at radius 2 is 1.44 bits per heavy atom. The molecule has 2 N–H and O–H groups in total. The van der Waals surface area contributed by atoms with Gasteiger partial charge in [0.1, 0.15) is 11.6 Å². The number of phenols is 1. The van der Waals surface area contributed by atoms with Crippen molar-refractivity contribution in [1.82, 2.24) is 15.1 Å². The number of benzene rings is 4. The Hall–Kier alpha value is -4.70. The van der Waals surface area contributed by atoms with Gasteiger partial charge in [-0.25, -0.2) is 4.39 Å². The first-order valence-electron chi connectivity index (χ1n) is 20.5. The van der Waals surface area contributed by atoms with Gasteiger partial charge in [0.05, 0.1) is 11.7 Å². The summed E-state index contributed by atoms with van der Waals surface area (Å²) in [7, 11) is 0. The first kappa shape index (κ1) is 39.1. The first-order chi connectivity index (χ1) is 27.6. The molecule has 298 valence electrons. The van der Waals surface area contributed by atoms with E-state index in [2.05, 4.69) is 87.3 Å². The van der Waals surface area contributed by atoms with Crippen molar-refractivity contribution in [3.8, 4) is 5.75 Å². The molecule has 8 nitrogen and oxygen atoms in total. The highest BCUT2D eigenvalue weighted by molar-refractivity contribution is 6.18. The van der Waals surface area contributed by atoms with Gasteiger partial charge in [-0.05, 0) is 121 Å². The number of halogens is 2. The predicted octanol–water partition coefficient (Wildman–Crippen LogP) is 8.06. The molecule has 4 aromatic rings. The highest BCUT2D eigenvalue weighted by Gasteiger charge is 2.37. The molecule has 3 saturated heterocycles. The number of nitrogens with zero attached hydrogens (tertiary/aromatic N) is 4. The molecular weight excluding hydrogens is 737 g/mol. The van der Waals surface area contributed by atoms with Crippen LogP contribution in [-0.2, 0) is 22.7 Å². The van der Waals surface area contributed by atoms with Crippen molar-refractivity contribution in [2.24, 2.45) is 5.92 Å². The van der Waals surface area contributed by atoms with Crippen molar-refractivity contribution < 1.29 is 19.1 Å². The SMILES string of the molecule is CC1CN(c2cc3c(cc2F)CN(C2CCC(=O)NC2=O)C3)CC(C)N1CC1CCN(c2ccc(C(=C(CCCl)c3ccccc3)c3ccc(O)cc3)cc2)CC1. The van der Waals surface area contributed by atoms with Gasteiger partial charge in [0.2, 0.25) is 11.8 Å². The Bertz CT molecular complexity index is 2090. The minimum absolute atomic E-state index is 0.202. The lowest BCUT2D eigenvalue weighted by atomic mass is 9.88. The van der Waals surface area contributed by atoms with Crippen LogP contribution >= 0.6 is 11.6 Å². The number of amides is 2. The quantitative estimate of drug-likeness (QED) is 0.0957. The standard InChI is InChI=1S/C47H53ClFN5O3/c1-31-26-52(44-25-38-30-53(29-37(38)24-42(44)49)43-16-17-45(56)50-47(43)57)27-32(2)54(31)28-33-19-22-51(23-20-33)39-12-8-35(9-13-39)46(36-10-14-40(55)15-11-36)41(18-21-48)34-6-4-3-5-7-34/h3-15,24-25,31-33,43,55H,16-23,26-30H2,1-2H3,(H,50,56,57). The molecule has 4 aliphatic rings. The Labute approximate surface area is 340 Å². The summed E-state index contributed by atoms with van der Waals surface area (Å²) >= 11 is 6.37. The fourth-order valence-corrected chi connectivity index (χ4v) is 9.83. The number of hydrogen-bond donors (Lipinski definition) is 2. The Kier molecular flexibility index (Phi) is 11.7. The second kappa shape index (κ2) is 17.0. The molecule has 0 radical (unpaired) electrons. The smallest absolute Gasteiger partial charge is 0.243 e. The van der Waals surface area contributed by atoms with Crippen molar-refractivity contribution >= 4 is 45.9 Å². The van der Waals surface area contributed by atoms with E-state index in [-0.39, 0.29) is 41.5 Å². The molecule has 4 heterocycles. The van der Waals surface area contributed by atoms with Crippen LogP contribution < -0.4 is 15.1 Å². The van der Waals surface area contributed by atoms with Crippen LogP contribution in [0.2, 0.25) is 0 Å². The van der Waals surface area contributed by atoms with E-state index >= 15 is 4.39 Å². The second-order valence-electron chi connectivity index (χ2n) is 16.4. The number of aromatic hydroxyl groups is 1. The zero-order valence-electron chi connectivity index (χ0n) is 33.0. The van der Waals surface area contributed by atoms with Gasteiger partial charge < -0.3 is 14.9 Å². The van der Waals surface area contributed by atoms with Gasteiger partial charge in [0, 0.05) is 75.9 Å². The molecule has 3 unspecified atom stereocenters. The normalized spacial score (nSPS) is 22.7. The zero-order chi connectivity index (χ0) is 39.6. The number of alkyl halides is 1. The van der Waals surface area contributed by atoms with Gasteiger partial charge >= 0.3 is 0 Å². The predicted molar refractivity (Wildman–Crippen MR) is 227 cm³/mol. The summed E-state index contributed by atoms with van der Waals surface area (Å²) < 4.78 is 15.7. The number of fused-ring (bicyclic) bond motifs is 1. The molecule has 0 aromatic heterocycles. The average Bonchev–Trinajstić information content (AvgIpc) is 3.62. The summed E-state index contributed by atoms with van der Waals surface area (Å²) in [6.45, 7) is 10.2. The minimum atomic E-state index is -0.356. The maximum Gasteiger partial charge on any atom is 0.243 e. The summed E-state index contributed by atoms with van der Waals surface area (Å²) in [6.07, 6.45) is 3.81. The summed E-state index contributed by atoms with van der Waals surface area (Å²) in [4.78, 5) is 33.6. The minimum Gasteiger partial charge on any atom is -0.508 e. The third-order valence-electron chi connectivity index (χ3n) is 12.6. The van der Waals surface area contributed by atoms with Gasteiger partial charge in [-0.15, -0.1) is 11.6 Å². The highest BCUT2D eigenvalue weighted by atomic mass is 35.5. The molecule has 0 spiro atoms. The lowest BCUT2D eigenvalue weighted by molar-refractivity contribution is -0.137. The molecule has 2 amide bonds. The number of hydrogen-bond acceptors (Lipinski definition) is 7. The second-order valence-corrected chi connectivity index (χ2v) is 16.8. The third kappa shape index (κ3) is 8.47. The van der Waals surface area contributed by atoms with Crippen LogP contribution in [0.1, 0.15) is 73.8 Å². The number of nitrogens with one attached hydrogen (secondary N) is 1. The van der Waals surface area contributed by atoms with E-state index in [1.807, 2.05) is 24.3 Å². The molecule has 0 aliphatic carbocycles. The maximum absolute atomic E-state index is 15.7. The Morgan fingerprint density at radius 1 is 0.807 bits per heavy atom. The summed E-state index contributed by atoms with van der Waals surface area (Å²) in [6, 6.07) is 30.7. The topological polar surface area (TPSA) is 79.4 Å². The number of piperazine rings is 1. The van der Waals surface area contributed by atoms with E-state index in [0.717, 1.165) is 85.4 Å². The largest absolute Gasteiger partial charge is 0.508 e.